The fourth-order valence-electron chi connectivity index (χ4n) is 1.81. The van der Waals surface area contributed by atoms with E-state index in [0.29, 0.717) is 12.0 Å². The first kappa shape index (κ1) is 13.7. The molecule has 0 saturated heterocycles. The highest BCUT2D eigenvalue weighted by Gasteiger charge is 2.12. The van der Waals surface area contributed by atoms with Crippen molar-refractivity contribution >= 4 is 9.84 Å². The Hall–Kier alpha value is -1.72. The minimum atomic E-state index is -3.26. The quantitative estimate of drug-likeness (QED) is 0.924. The summed E-state index contributed by atoms with van der Waals surface area (Å²) in [4.78, 5) is 4.20. The van der Waals surface area contributed by atoms with E-state index in [-0.39, 0.29) is 4.90 Å². The number of aliphatic hydroxyl groups is 1. The number of nitrogens with zero attached hydrogens (tertiary/aromatic N) is 1. The molecule has 0 bridgehead atoms. The maximum Gasteiger partial charge on any atom is 0.175 e. The molecule has 0 fully saturated rings. The van der Waals surface area contributed by atoms with E-state index in [2.05, 4.69) is 4.98 Å². The van der Waals surface area contributed by atoms with Crippen molar-refractivity contribution in [1.29, 1.82) is 0 Å². The molecule has 0 amide bonds. The number of aromatic nitrogens is 1. The lowest BCUT2D eigenvalue weighted by molar-refractivity contribution is 0.178. The molecule has 1 unspecified atom stereocenters. The van der Waals surface area contributed by atoms with Gasteiger partial charge >= 0.3 is 0 Å². The molecular weight excluding hydrogens is 262 g/mol. The highest BCUT2D eigenvalue weighted by atomic mass is 32.2. The lowest BCUT2D eigenvalue weighted by atomic mass is 10.0. The first-order chi connectivity index (χ1) is 8.97. The van der Waals surface area contributed by atoms with E-state index < -0.39 is 15.9 Å². The second-order valence-corrected chi connectivity index (χ2v) is 6.44. The van der Waals surface area contributed by atoms with Gasteiger partial charge < -0.3 is 5.11 Å². The van der Waals surface area contributed by atoms with Crippen LogP contribution in [0, 0.1) is 0 Å². The Morgan fingerprint density at radius 2 is 2.05 bits per heavy atom. The van der Waals surface area contributed by atoms with Crippen LogP contribution in [0.25, 0.3) is 0 Å². The van der Waals surface area contributed by atoms with E-state index >= 15 is 0 Å². The van der Waals surface area contributed by atoms with Crippen molar-refractivity contribution in [3.05, 3.63) is 59.9 Å². The summed E-state index contributed by atoms with van der Waals surface area (Å²) in [5, 5.41) is 10.1. The Balaban J connectivity index is 2.23. The van der Waals surface area contributed by atoms with Crippen molar-refractivity contribution in [2.75, 3.05) is 6.26 Å². The van der Waals surface area contributed by atoms with E-state index in [1.165, 1.54) is 12.1 Å². The van der Waals surface area contributed by atoms with E-state index in [0.717, 1.165) is 11.8 Å². The van der Waals surface area contributed by atoms with Gasteiger partial charge in [0.25, 0.3) is 0 Å². The first-order valence-electron chi connectivity index (χ1n) is 5.84. The van der Waals surface area contributed by atoms with Crippen molar-refractivity contribution in [2.45, 2.75) is 17.4 Å². The van der Waals surface area contributed by atoms with Crippen molar-refractivity contribution in [1.82, 2.24) is 4.98 Å². The molecule has 19 heavy (non-hydrogen) atoms. The van der Waals surface area contributed by atoms with E-state index in [4.69, 9.17) is 0 Å². The number of benzene rings is 1. The van der Waals surface area contributed by atoms with Gasteiger partial charge in [-0.15, -0.1) is 0 Å². The molecular formula is C14H15NO3S. The predicted octanol–water partition coefficient (Wildman–Crippen LogP) is 1.76. The van der Waals surface area contributed by atoms with Gasteiger partial charge in [-0.3, -0.25) is 4.98 Å². The first-order valence-corrected chi connectivity index (χ1v) is 7.73. The second kappa shape index (κ2) is 5.50. The van der Waals surface area contributed by atoms with Gasteiger partial charge in [0.2, 0.25) is 0 Å². The molecule has 2 aromatic rings. The molecule has 4 nitrogen and oxygen atoms in total. The van der Waals surface area contributed by atoms with Gasteiger partial charge in [-0.05, 0) is 29.3 Å². The summed E-state index contributed by atoms with van der Waals surface area (Å²) in [7, 11) is -3.26. The smallest absolute Gasteiger partial charge is 0.175 e. The molecule has 100 valence electrons. The SMILES string of the molecule is CS(=O)(=O)c1cccc(C(O)Cc2cccnc2)c1. The van der Waals surface area contributed by atoms with E-state index in [9.17, 15) is 13.5 Å². The van der Waals surface area contributed by atoms with Gasteiger partial charge in [-0.1, -0.05) is 18.2 Å². The predicted molar refractivity (Wildman–Crippen MR) is 72.5 cm³/mol. The van der Waals surface area contributed by atoms with Crippen molar-refractivity contribution in [3.63, 3.8) is 0 Å². The van der Waals surface area contributed by atoms with Crippen LogP contribution in [0.4, 0.5) is 0 Å². The third kappa shape index (κ3) is 3.62. The molecule has 0 aliphatic rings. The van der Waals surface area contributed by atoms with Gasteiger partial charge in [-0.25, -0.2) is 8.42 Å². The molecule has 1 aromatic heterocycles. The molecule has 1 N–H and O–H groups in total. The molecule has 2 rings (SSSR count). The zero-order chi connectivity index (χ0) is 13.9. The van der Waals surface area contributed by atoms with Gasteiger partial charge in [0.15, 0.2) is 9.84 Å². The minimum Gasteiger partial charge on any atom is -0.388 e. The number of hydrogen-bond donors (Lipinski definition) is 1. The van der Waals surface area contributed by atoms with Crippen LogP contribution < -0.4 is 0 Å². The van der Waals surface area contributed by atoms with Crippen LogP contribution in [0.15, 0.2) is 53.7 Å². The van der Waals surface area contributed by atoms with E-state index in [1.807, 2.05) is 6.07 Å². The topological polar surface area (TPSA) is 67.3 Å². The van der Waals surface area contributed by atoms with Gasteiger partial charge in [0.05, 0.1) is 11.0 Å². The number of pyridine rings is 1. The maximum atomic E-state index is 11.5. The second-order valence-electron chi connectivity index (χ2n) is 4.43. The summed E-state index contributed by atoms with van der Waals surface area (Å²) in [6.07, 6.45) is 4.16. The van der Waals surface area contributed by atoms with Gasteiger partial charge in [0.1, 0.15) is 0 Å². The third-order valence-electron chi connectivity index (χ3n) is 2.82. The fraction of sp³-hybridized carbons (Fsp3) is 0.214. The molecule has 0 radical (unpaired) electrons. The number of sulfone groups is 1. The van der Waals surface area contributed by atoms with Crippen LogP contribution in [0.1, 0.15) is 17.2 Å². The monoisotopic (exact) mass is 277 g/mol. The third-order valence-corrected chi connectivity index (χ3v) is 3.93. The van der Waals surface area contributed by atoms with Gasteiger partial charge in [-0.2, -0.15) is 0 Å². The Kier molecular flexibility index (Phi) is 3.97. The lowest BCUT2D eigenvalue weighted by Gasteiger charge is -2.11. The Bertz CT molecular complexity index is 653. The zero-order valence-electron chi connectivity index (χ0n) is 10.5. The minimum absolute atomic E-state index is 0.218. The summed E-state index contributed by atoms with van der Waals surface area (Å²) >= 11 is 0. The number of aliphatic hydroxyl groups excluding tert-OH is 1. The van der Waals surface area contributed by atoms with Crippen LogP contribution in [-0.2, 0) is 16.3 Å². The normalized spacial score (nSPS) is 13.2. The Morgan fingerprint density at radius 1 is 1.26 bits per heavy atom. The summed E-state index contributed by atoms with van der Waals surface area (Å²) in [5.74, 6) is 0. The number of hydrogen-bond acceptors (Lipinski definition) is 4. The summed E-state index contributed by atoms with van der Waals surface area (Å²) in [5.41, 5.74) is 1.49. The highest BCUT2D eigenvalue weighted by Crippen LogP contribution is 2.20. The standard InChI is InChI=1S/C14H15NO3S/c1-19(17,18)13-6-2-5-12(9-13)14(16)8-11-4-3-7-15-10-11/h2-7,9-10,14,16H,8H2,1H3. The van der Waals surface area contributed by atoms with Crippen LogP contribution in [0.5, 0.6) is 0 Å². The summed E-state index contributed by atoms with van der Waals surface area (Å²) < 4.78 is 22.9. The maximum absolute atomic E-state index is 11.5. The molecule has 0 aliphatic carbocycles. The van der Waals surface area contributed by atoms with Crippen LogP contribution in [0.2, 0.25) is 0 Å². The van der Waals surface area contributed by atoms with Crippen LogP contribution in [0.3, 0.4) is 0 Å². The molecule has 1 atom stereocenters. The van der Waals surface area contributed by atoms with Crippen molar-refractivity contribution in [3.8, 4) is 0 Å². The summed E-state index contributed by atoms with van der Waals surface area (Å²) in [6.45, 7) is 0. The van der Waals surface area contributed by atoms with Crippen LogP contribution in [-0.4, -0.2) is 24.8 Å². The number of rotatable bonds is 4. The molecule has 0 aliphatic heterocycles. The highest BCUT2D eigenvalue weighted by molar-refractivity contribution is 7.90. The molecule has 5 heteroatoms. The molecule has 0 saturated carbocycles. The summed E-state index contributed by atoms with van der Waals surface area (Å²) in [6, 6.07) is 10.1. The lowest BCUT2D eigenvalue weighted by Crippen LogP contribution is -2.04. The fourth-order valence-corrected chi connectivity index (χ4v) is 2.49. The average molecular weight is 277 g/mol. The molecule has 1 aromatic carbocycles. The van der Waals surface area contributed by atoms with Crippen LogP contribution >= 0.6 is 0 Å². The Labute approximate surface area is 112 Å². The Morgan fingerprint density at radius 3 is 2.68 bits per heavy atom. The molecule has 0 spiro atoms. The average Bonchev–Trinajstić information content (AvgIpc) is 2.39. The molecule has 1 heterocycles. The van der Waals surface area contributed by atoms with Gasteiger partial charge in [0, 0.05) is 25.1 Å². The zero-order valence-corrected chi connectivity index (χ0v) is 11.3. The van der Waals surface area contributed by atoms with Crippen molar-refractivity contribution < 1.29 is 13.5 Å². The van der Waals surface area contributed by atoms with Crippen molar-refractivity contribution in [2.24, 2.45) is 0 Å². The largest absolute Gasteiger partial charge is 0.388 e. The van der Waals surface area contributed by atoms with E-state index in [1.54, 1.807) is 30.6 Å².